The van der Waals surface area contributed by atoms with Gasteiger partial charge in [0.05, 0.1) is 0 Å². The minimum atomic E-state index is -2.86. The molecule has 0 aromatic rings. The van der Waals surface area contributed by atoms with Gasteiger partial charge in [-0.25, -0.2) is 8.78 Å². The van der Waals surface area contributed by atoms with Gasteiger partial charge in [0.15, 0.2) is 0 Å². The lowest BCUT2D eigenvalue weighted by atomic mass is 10.1. The van der Waals surface area contributed by atoms with Gasteiger partial charge in [0.2, 0.25) is 0 Å². The number of hydrogen-bond acceptors (Lipinski definition) is 1. The van der Waals surface area contributed by atoms with E-state index in [9.17, 15) is 8.78 Å². The first kappa shape index (κ1) is 8.27. The fraction of sp³-hybridized carbons (Fsp3) is 0.500. The zero-order valence-corrected chi connectivity index (χ0v) is 5.41. The van der Waals surface area contributed by atoms with Crippen LogP contribution >= 0.6 is 0 Å². The molecule has 0 saturated carbocycles. The molecule has 0 amide bonds. The van der Waals surface area contributed by atoms with Crippen molar-refractivity contribution in [1.29, 1.82) is 5.41 Å². The van der Waals surface area contributed by atoms with Crippen LogP contribution in [0.2, 0.25) is 0 Å². The number of alkyl halides is 2. The minimum absolute atomic E-state index is 0.248. The third-order valence-corrected chi connectivity index (χ3v) is 0.973. The van der Waals surface area contributed by atoms with E-state index in [1.807, 2.05) is 0 Å². The first-order valence-electron chi connectivity index (χ1n) is 2.57. The molecule has 0 fully saturated rings. The van der Waals surface area contributed by atoms with Crippen molar-refractivity contribution < 1.29 is 8.78 Å². The van der Waals surface area contributed by atoms with E-state index in [4.69, 9.17) is 5.41 Å². The van der Waals surface area contributed by atoms with E-state index in [0.717, 1.165) is 6.92 Å². The molecule has 0 unspecified atom stereocenters. The Labute approximate surface area is 52.9 Å². The average molecular weight is 133 g/mol. The van der Waals surface area contributed by atoms with E-state index >= 15 is 0 Å². The highest BCUT2D eigenvalue weighted by molar-refractivity contribution is 5.77. The molecular formula is C6H9F2N. The molecule has 0 aliphatic heterocycles. The highest BCUT2D eigenvalue weighted by Gasteiger charge is 2.24. The number of allylic oxidation sites excluding steroid dienone is 2. The molecule has 0 saturated heterocycles. The van der Waals surface area contributed by atoms with Crippen LogP contribution < -0.4 is 0 Å². The second kappa shape index (κ2) is 2.71. The van der Waals surface area contributed by atoms with Crippen molar-refractivity contribution in [2.75, 3.05) is 0 Å². The van der Waals surface area contributed by atoms with Crippen LogP contribution in [0.1, 0.15) is 13.8 Å². The standard InChI is InChI=1S/C6H9F2N/c1-3-5(4-9)6(2,7)8/h3-4,9H,1-2H3/b5-3+,9-4?. The van der Waals surface area contributed by atoms with Crippen LogP contribution in [0, 0.1) is 5.41 Å². The SMILES string of the molecule is C/C=C(\C=N)C(C)(F)F. The molecule has 0 atom stereocenters. The minimum Gasteiger partial charge on any atom is -0.308 e. The lowest BCUT2D eigenvalue weighted by Crippen LogP contribution is -2.13. The summed E-state index contributed by atoms with van der Waals surface area (Å²) in [6.07, 6.45) is 1.90. The van der Waals surface area contributed by atoms with E-state index in [1.54, 1.807) is 0 Å². The first-order chi connectivity index (χ1) is 4.02. The second-order valence-corrected chi connectivity index (χ2v) is 1.78. The Hall–Kier alpha value is -0.730. The summed E-state index contributed by atoms with van der Waals surface area (Å²) in [5, 5.41) is 6.54. The summed E-state index contributed by atoms with van der Waals surface area (Å²) in [4.78, 5) is 0. The van der Waals surface area contributed by atoms with Crippen LogP contribution in [-0.2, 0) is 0 Å². The summed E-state index contributed by atoms with van der Waals surface area (Å²) in [6.45, 7) is 2.26. The average Bonchev–Trinajstić information content (AvgIpc) is 1.65. The zero-order valence-electron chi connectivity index (χ0n) is 5.41. The summed E-state index contributed by atoms with van der Waals surface area (Å²) < 4.78 is 24.3. The fourth-order valence-electron chi connectivity index (χ4n) is 0.464. The molecule has 0 aromatic heterocycles. The summed E-state index contributed by atoms with van der Waals surface area (Å²) in [6, 6.07) is 0. The number of hydrogen-bond donors (Lipinski definition) is 1. The Morgan fingerprint density at radius 1 is 1.56 bits per heavy atom. The van der Waals surface area contributed by atoms with Crippen LogP contribution in [0.5, 0.6) is 0 Å². The molecule has 0 radical (unpaired) electrons. The molecule has 52 valence electrons. The largest absolute Gasteiger partial charge is 0.308 e. The van der Waals surface area contributed by atoms with Gasteiger partial charge in [0.25, 0.3) is 5.92 Å². The van der Waals surface area contributed by atoms with Crippen molar-refractivity contribution in [2.45, 2.75) is 19.8 Å². The van der Waals surface area contributed by atoms with E-state index < -0.39 is 5.92 Å². The Bertz CT molecular complexity index is 132. The zero-order chi connectivity index (χ0) is 7.49. The van der Waals surface area contributed by atoms with Crippen LogP contribution in [0.3, 0.4) is 0 Å². The number of rotatable bonds is 2. The van der Waals surface area contributed by atoms with Crippen molar-refractivity contribution in [3.8, 4) is 0 Å². The van der Waals surface area contributed by atoms with Crippen molar-refractivity contribution >= 4 is 6.21 Å². The van der Waals surface area contributed by atoms with Crippen molar-refractivity contribution in [2.24, 2.45) is 0 Å². The maximum atomic E-state index is 12.2. The Morgan fingerprint density at radius 2 is 2.00 bits per heavy atom. The molecule has 3 heteroatoms. The second-order valence-electron chi connectivity index (χ2n) is 1.78. The maximum Gasteiger partial charge on any atom is 0.271 e. The predicted molar refractivity (Wildman–Crippen MR) is 33.2 cm³/mol. The van der Waals surface area contributed by atoms with Gasteiger partial charge in [0.1, 0.15) is 0 Å². The van der Waals surface area contributed by atoms with Gasteiger partial charge in [-0.05, 0) is 6.92 Å². The smallest absolute Gasteiger partial charge is 0.271 e. The molecule has 0 aliphatic carbocycles. The topological polar surface area (TPSA) is 23.9 Å². The molecule has 0 aromatic carbocycles. The molecule has 0 aliphatic rings. The molecule has 9 heavy (non-hydrogen) atoms. The molecule has 0 bridgehead atoms. The van der Waals surface area contributed by atoms with Crippen LogP contribution in [-0.4, -0.2) is 12.1 Å². The van der Waals surface area contributed by atoms with Crippen LogP contribution in [0.25, 0.3) is 0 Å². The van der Waals surface area contributed by atoms with Gasteiger partial charge in [0, 0.05) is 18.7 Å². The quantitative estimate of drug-likeness (QED) is 0.558. The molecule has 1 N–H and O–H groups in total. The third-order valence-electron chi connectivity index (χ3n) is 0.973. The van der Waals surface area contributed by atoms with E-state index in [0.29, 0.717) is 6.21 Å². The summed E-state index contributed by atoms with van der Waals surface area (Å²) in [5.74, 6) is -2.86. The molecule has 1 nitrogen and oxygen atoms in total. The Kier molecular flexibility index (Phi) is 2.49. The first-order valence-corrected chi connectivity index (χ1v) is 2.57. The number of halogens is 2. The highest BCUT2D eigenvalue weighted by atomic mass is 19.3. The van der Waals surface area contributed by atoms with Crippen LogP contribution in [0.15, 0.2) is 11.6 Å². The van der Waals surface area contributed by atoms with Gasteiger partial charge >= 0.3 is 0 Å². The van der Waals surface area contributed by atoms with Crippen molar-refractivity contribution in [3.05, 3.63) is 11.6 Å². The molecule has 0 heterocycles. The lowest BCUT2D eigenvalue weighted by Gasteiger charge is -2.08. The number of nitrogens with one attached hydrogen (secondary N) is 1. The molecule has 0 spiro atoms. The summed E-state index contributed by atoms with van der Waals surface area (Å²) >= 11 is 0. The normalized spacial score (nSPS) is 13.6. The maximum absolute atomic E-state index is 12.2. The van der Waals surface area contributed by atoms with E-state index in [2.05, 4.69) is 0 Å². The van der Waals surface area contributed by atoms with Gasteiger partial charge in [-0.1, -0.05) is 6.08 Å². The third kappa shape index (κ3) is 2.35. The highest BCUT2D eigenvalue weighted by Crippen LogP contribution is 2.20. The van der Waals surface area contributed by atoms with Crippen molar-refractivity contribution in [1.82, 2.24) is 0 Å². The van der Waals surface area contributed by atoms with Crippen LogP contribution in [0.4, 0.5) is 8.78 Å². The van der Waals surface area contributed by atoms with E-state index in [1.165, 1.54) is 13.0 Å². The molecular weight excluding hydrogens is 124 g/mol. The van der Waals surface area contributed by atoms with Gasteiger partial charge < -0.3 is 5.41 Å². The van der Waals surface area contributed by atoms with E-state index in [-0.39, 0.29) is 5.57 Å². The summed E-state index contributed by atoms with van der Waals surface area (Å²) in [5.41, 5.74) is -0.248. The van der Waals surface area contributed by atoms with Gasteiger partial charge in [-0.2, -0.15) is 0 Å². The Morgan fingerprint density at radius 3 is 2.00 bits per heavy atom. The lowest BCUT2D eigenvalue weighted by molar-refractivity contribution is 0.0705. The summed E-state index contributed by atoms with van der Waals surface area (Å²) in [7, 11) is 0. The molecule has 0 rings (SSSR count). The predicted octanol–water partition coefficient (Wildman–Crippen LogP) is 2.24. The monoisotopic (exact) mass is 133 g/mol. The van der Waals surface area contributed by atoms with Gasteiger partial charge in [-0.15, -0.1) is 0 Å². The fourth-order valence-corrected chi connectivity index (χ4v) is 0.464. The van der Waals surface area contributed by atoms with Gasteiger partial charge in [-0.3, -0.25) is 0 Å². The van der Waals surface area contributed by atoms with Crippen molar-refractivity contribution in [3.63, 3.8) is 0 Å². The Balaban J connectivity index is 4.32.